The molecule has 0 unspecified atom stereocenters. The van der Waals surface area contributed by atoms with Crippen LogP contribution >= 0.6 is 0 Å². The molecule has 0 spiro atoms. The van der Waals surface area contributed by atoms with Crippen molar-refractivity contribution in [3.63, 3.8) is 0 Å². The van der Waals surface area contributed by atoms with Gasteiger partial charge in [0.2, 0.25) is 0 Å². The fraction of sp³-hybridized carbons (Fsp3) is 0.333. The third kappa shape index (κ3) is 7.63. The molecule has 2 atom stereocenters. The summed E-state index contributed by atoms with van der Waals surface area (Å²) in [4.78, 5) is 20.6. The van der Waals surface area contributed by atoms with E-state index in [1.54, 1.807) is 6.92 Å². The number of rotatable bonds is 6. The molecule has 0 bridgehead atoms. The van der Waals surface area contributed by atoms with E-state index in [-0.39, 0.29) is 46.8 Å². The molecule has 2 N–H and O–H groups in total. The molecule has 2 rings (SSSR count). The van der Waals surface area contributed by atoms with Crippen molar-refractivity contribution in [2.45, 2.75) is 25.8 Å². The Morgan fingerprint density at radius 3 is 1.91 bits per heavy atom. The molecular weight excluding hydrogens is 513 g/mol. The van der Waals surface area contributed by atoms with Gasteiger partial charge in [0.25, 0.3) is 0 Å². The Hall–Kier alpha value is -0.561. The minimum absolute atomic E-state index is 0.156. The van der Waals surface area contributed by atoms with Crippen LogP contribution in [0.15, 0.2) is 32.4 Å². The van der Waals surface area contributed by atoms with Crippen LogP contribution in [0.5, 0.6) is 0 Å². The van der Waals surface area contributed by atoms with Crippen molar-refractivity contribution in [1.82, 2.24) is 0 Å². The Balaban J connectivity index is 0.000000220. The second kappa shape index (κ2) is 10.3. The summed E-state index contributed by atoms with van der Waals surface area (Å²) >= 11 is -0.392. The normalized spacial score (nSPS) is 12.8. The second-order valence-electron chi connectivity index (χ2n) is 4.71. The average Bonchev–Trinajstić information content (AvgIpc) is 3.12. The number of carboxylic acid groups (broad SMARTS) is 2. The number of hydrogen-bond donors (Lipinski definition) is 1. The zero-order valence-corrected chi connectivity index (χ0v) is 16.7. The van der Waals surface area contributed by atoms with Gasteiger partial charge in [-0.2, -0.15) is 0 Å². The number of nitrogens with two attached hydrogens (primary N) is 1. The van der Waals surface area contributed by atoms with Crippen molar-refractivity contribution in [3.05, 3.63) is 39.6 Å². The summed E-state index contributed by atoms with van der Waals surface area (Å²) in [6.07, 6.45) is 1.13. The predicted molar refractivity (Wildman–Crippen MR) is 81.3 cm³/mol. The molecule has 0 aromatic carbocycles. The summed E-state index contributed by atoms with van der Waals surface area (Å²) in [6.45, 7) is 1.70. The Labute approximate surface area is 149 Å². The first-order valence-electron chi connectivity index (χ1n) is 6.62. The van der Waals surface area contributed by atoms with Crippen molar-refractivity contribution >= 4 is 52.8 Å². The summed E-state index contributed by atoms with van der Waals surface area (Å²) in [7, 11) is 0. The summed E-state index contributed by atoms with van der Waals surface area (Å²) in [5, 5.41) is 20.6. The molecule has 0 aliphatic rings. The monoisotopic (exact) mass is 535 g/mol. The van der Waals surface area contributed by atoms with Crippen LogP contribution in [0.3, 0.4) is 0 Å². The topological polar surface area (TPSA) is 106 Å². The zero-order valence-electron chi connectivity index (χ0n) is 12.1. The van der Waals surface area contributed by atoms with Crippen molar-refractivity contribution in [2.24, 2.45) is 11.7 Å². The molecule has 2 aromatic rings. The summed E-state index contributed by atoms with van der Waals surface area (Å²) in [5.41, 5.74) is 5.29. The maximum absolute atomic E-state index is 10.3. The molecule has 7 heteroatoms. The molecule has 0 amide bonds. The van der Waals surface area contributed by atoms with Gasteiger partial charge in [-0.05, 0) is 0 Å². The van der Waals surface area contributed by atoms with Gasteiger partial charge in [-0.1, -0.05) is 0 Å². The first-order chi connectivity index (χ1) is 10.4. The fourth-order valence-corrected chi connectivity index (χ4v) is 6.11. The van der Waals surface area contributed by atoms with E-state index in [9.17, 15) is 19.8 Å². The third-order valence-electron chi connectivity index (χ3n) is 2.79. The number of carbonyl (C=O) groups excluding carboxylic acids is 2. The molecule has 0 aliphatic carbocycles. The second-order valence-corrected chi connectivity index (χ2v) is 10.6. The van der Waals surface area contributed by atoms with Crippen LogP contribution in [0, 0.1) is 5.92 Å². The van der Waals surface area contributed by atoms with Gasteiger partial charge >= 0.3 is 150 Å². The first-order valence-corrected chi connectivity index (χ1v) is 11.6. The van der Waals surface area contributed by atoms with Crippen LogP contribution in [-0.2, 0) is 22.4 Å². The number of hydrogen-bond acceptors (Lipinski definition) is 5. The Kier molecular flexibility index (Phi) is 9.09. The van der Waals surface area contributed by atoms with Crippen LogP contribution in [0.1, 0.15) is 14.1 Å². The van der Waals surface area contributed by atoms with Gasteiger partial charge in [-0.15, -0.1) is 0 Å². The van der Waals surface area contributed by atoms with E-state index in [0.29, 0.717) is 12.8 Å². The van der Waals surface area contributed by atoms with Gasteiger partial charge in [0, 0.05) is 0 Å². The Morgan fingerprint density at radius 2 is 1.55 bits per heavy atom. The molecule has 120 valence electrons. The molecule has 0 fully saturated rings. The predicted octanol–water partition coefficient (Wildman–Crippen LogP) is -1.96. The standard InChI is InChI=1S/C8H10O2Te.C7H9NO2Te/c1-6(8(9)10)5-7-3-2-4-11-7;8-6(7(9)10)4-5-2-1-3-11-5/h2-4,6H,5H2,1H3,(H,9,10);1-3,6H,4,8H2,(H,9,10)/p-2/t2*6-/m00/s1. The van der Waals surface area contributed by atoms with Crippen molar-refractivity contribution < 1.29 is 19.8 Å². The van der Waals surface area contributed by atoms with Crippen molar-refractivity contribution in [1.29, 1.82) is 0 Å². The fourth-order valence-electron chi connectivity index (χ4n) is 1.54. The van der Waals surface area contributed by atoms with Gasteiger partial charge in [-0.25, -0.2) is 0 Å². The summed E-state index contributed by atoms with van der Waals surface area (Å²) < 4.78 is 6.75. The SMILES string of the molecule is C[C@@H](Cc1ccc[te]1)C(=O)[O-].N[C@@H](Cc1ccc[te]1)C(=O)[O-]. The molecule has 5 nitrogen and oxygen atoms in total. The van der Waals surface area contributed by atoms with E-state index < -0.39 is 18.0 Å². The van der Waals surface area contributed by atoms with Crippen LogP contribution in [0.2, 0.25) is 0 Å². The van der Waals surface area contributed by atoms with E-state index in [1.807, 2.05) is 24.3 Å². The van der Waals surface area contributed by atoms with Crippen LogP contribution in [0.4, 0.5) is 0 Å². The first kappa shape index (κ1) is 19.5. The van der Waals surface area contributed by atoms with E-state index in [1.165, 1.54) is 7.16 Å². The maximum atomic E-state index is 10.3. The molecule has 2 heterocycles. The van der Waals surface area contributed by atoms with E-state index in [0.717, 1.165) is 0 Å². The minimum atomic E-state index is -1.16. The van der Waals surface area contributed by atoms with Gasteiger partial charge in [-0.3, -0.25) is 0 Å². The van der Waals surface area contributed by atoms with Gasteiger partial charge in [0.1, 0.15) is 0 Å². The van der Waals surface area contributed by atoms with Crippen molar-refractivity contribution in [2.75, 3.05) is 0 Å². The molecule has 2 aromatic heterocycles. The average molecular weight is 531 g/mol. The van der Waals surface area contributed by atoms with Crippen LogP contribution in [-0.4, -0.2) is 58.8 Å². The molecule has 0 saturated heterocycles. The Morgan fingerprint density at radius 1 is 1.05 bits per heavy atom. The molecule has 0 aliphatic heterocycles. The van der Waals surface area contributed by atoms with Gasteiger partial charge in [0.05, 0.1) is 0 Å². The molecule has 0 radical (unpaired) electrons. The third-order valence-corrected chi connectivity index (χ3v) is 7.92. The molecular formula is C15H17NO4Te2-2. The number of carboxylic acids is 2. The Bertz CT molecular complexity index is 514. The number of carbonyl (C=O) groups is 2. The van der Waals surface area contributed by atoms with Gasteiger partial charge in [0.15, 0.2) is 0 Å². The van der Waals surface area contributed by atoms with E-state index >= 15 is 0 Å². The number of aliphatic carboxylic acids is 2. The van der Waals surface area contributed by atoms with Crippen LogP contribution in [0.25, 0.3) is 0 Å². The van der Waals surface area contributed by atoms with Gasteiger partial charge < -0.3 is 0 Å². The summed E-state index contributed by atoms with van der Waals surface area (Å²) in [5.74, 6) is -2.43. The van der Waals surface area contributed by atoms with Crippen LogP contribution < -0.4 is 15.9 Å². The summed E-state index contributed by atoms with van der Waals surface area (Å²) in [6, 6.07) is 7.12. The zero-order chi connectivity index (χ0) is 16.5. The quantitative estimate of drug-likeness (QED) is 0.437. The van der Waals surface area contributed by atoms with E-state index in [4.69, 9.17) is 5.73 Å². The molecule has 22 heavy (non-hydrogen) atoms. The molecule has 0 saturated carbocycles. The van der Waals surface area contributed by atoms with E-state index in [2.05, 4.69) is 8.16 Å². The van der Waals surface area contributed by atoms with Crippen molar-refractivity contribution in [3.8, 4) is 0 Å².